The molecule has 108 valence electrons. The van der Waals surface area contributed by atoms with Crippen LogP contribution < -0.4 is 10.2 Å². The number of nitrogens with one attached hydrogen (secondary N) is 2. The molecular weight excluding hydrogens is 262 g/mol. The Labute approximate surface area is 124 Å². The standard InChI is InChI=1S/C17H19N3O/c1-18-12-17(21)20(13-6-3-2-4-7-13)16-9-5-8-15-14(16)10-11-19-15/h2-11,17-19,21H,12H2,1H3. The van der Waals surface area contributed by atoms with Crippen LogP contribution in [0.1, 0.15) is 0 Å². The Bertz CT molecular complexity index is 708. The van der Waals surface area contributed by atoms with Gasteiger partial charge < -0.3 is 20.3 Å². The molecule has 0 bridgehead atoms. The Morgan fingerprint density at radius 1 is 1.10 bits per heavy atom. The van der Waals surface area contributed by atoms with Crippen LogP contribution >= 0.6 is 0 Å². The number of aliphatic hydroxyl groups is 1. The number of rotatable bonds is 5. The predicted molar refractivity (Wildman–Crippen MR) is 86.8 cm³/mol. The number of aromatic nitrogens is 1. The lowest BCUT2D eigenvalue weighted by Gasteiger charge is -2.30. The van der Waals surface area contributed by atoms with E-state index in [0.29, 0.717) is 6.54 Å². The second-order valence-electron chi connectivity index (χ2n) is 4.96. The van der Waals surface area contributed by atoms with E-state index in [4.69, 9.17) is 0 Å². The number of para-hydroxylation sites is 1. The third-order valence-corrected chi connectivity index (χ3v) is 3.55. The Morgan fingerprint density at radius 2 is 1.90 bits per heavy atom. The van der Waals surface area contributed by atoms with Crippen molar-refractivity contribution in [2.45, 2.75) is 6.23 Å². The number of aromatic amines is 1. The zero-order chi connectivity index (χ0) is 14.7. The molecule has 0 radical (unpaired) electrons. The summed E-state index contributed by atoms with van der Waals surface area (Å²) in [4.78, 5) is 5.16. The first-order chi connectivity index (χ1) is 10.3. The fourth-order valence-electron chi connectivity index (χ4n) is 2.61. The summed E-state index contributed by atoms with van der Waals surface area (Å²) in [5.41, 5.74) is 3.02. The lowest BCUT2D eigenvalue weighted by molar-refractivity contribution is 0.181. The molecule has 3 N–H and O–H groups in total. The van der Waals surface area contributed by atoms with Gasteiger partial charge in [0.1, 0.15) is 6.23 Å². The highest BCUT2D eigenvalue weighted by Gasteiger charge is 2.19. The lowest BCUT2D eigenvalue weighted by atomic mass is 10.1. The summed E-state index contributed by atoms with van der Waals surface area (Å²) < 4.78 is 0. The Hall–Kier alpha value is -2.30. The number of hydrogen-bond acceptors (Lipinski definition) is 3. The SMILES string of the molecule is CNCC(O)N(c1ccccc1)c1cccc2[nH]ccc12. The molecule has 0 spiro atoms. The largest absolute Gasteiger partial charge is 0.372 e. The number of H-pyrrole nitrogens is 1. The first-order valence-electron chi connectivity index (χ1n) is 7.04. The van der Waals surface area contributed by atoms with Gasteiger partial charge in [-0.15, -0.1) is 0 Å². The first-order valence-corrected chi connectivity index (χ1v) is 7.04. The van der Waals surface area contributed by atoms with Crippen molar-refractivity contribution in [3.8, 4) is 0 Å². The molecular formula is C17H19N3O. The summed E-state index contributed by atoms with van der Waals surface area (Å²) >= 11 is 0. The third-order valence-electron chi connectivity index (χ3n) is 3.55. The molecule has 3 aromatic rings. The van der Waals surface area contributed by atoms with Crippen LogP contribution in [0, 0.1) is 0 Å². The molecule has 0 saturated carbocycles. The molecule has 0 fully saturated rings. The van der Waals surface area contributed by atoms with E-state index >= 15 is 0 Å². The number of likely N-dealkylation sites (N-methyl/N-ethyl adjacent to an activating group) is 1. The maximum Gasteiger partial charge on any atom is 0.143 e. The van der Waals surface area contributed by atoms with Gasteiger partial charge in [0.25, 0.3) is 0 Å². The molecule has 0 aliphatic rings. The average molecular weight is 281 g/mol. The molecule has 2 aromatic carbocycles. The Morgan fingerprint density at radius 3 is 2.67 bits per heavy atom. The van der Waals surface area contributed by atoms with Crippen molar-refractivity contribution >= 4 is 22.3 Å². The fourth-order valence-corrected chi connectivity index (χ4v) is 2.61. The minimum atomic E-state index is -0.641. The lowest BCUT2D eigenvalue weighted by Crippen LogP contribution is -2.38. The molecule has 4 nitrogen and oxygen atoms in total. The summed E-state index contributed by atoms with van der Waals surface area (Å²) in [7, 11) is 1.84. The molecule has 0 saturated heterocycles. The van der Waals surface area contributed by atoms with Crippen molar-refractivity contribution in [3.63, 3.8) is 0 Å². The highest BCUT2D eigenvalue weighted by molar-refractivity contribution is 5.94. The van der Waals surface area contributed by atoms with Crippen molar-refractivity contribution < 1.29 is 5.11 Å². The molecule has 1 unspecified atom stereocenters. The molecule has 4 heteroatoms. The monoisotopic (exact) mass is 281 g/mol. The van der Waals surface area contributed by atoms with E-state index in [9.17, 15) is 5.11 Å². The van der Waals surface area contributed by atoms with Gasteiger partial charge in [0.05, 0.1) is 5.69 Å². The summed E-state index contributed by atoms with van der Waals surface area (Å²) in [6.45, 7) is 0.482. The molecule has 0 amide bonds. The van der Waals surface area contributed by atoms with E-state index in [1.54, 1.807) is 0 Å². The number of aliphatic hydroxyl groups excluding tert-OH is 1. The molecule has 21 heavy (non-hydrogen) atoms. The molecule has 1 aromatic heterocycles. The van der Waals surface area contributed by atoms with Crippen molar-refractivity contribution in [3.05, 3.63) is 60.8 Å². The van der Waals surface area contributed by atoms with Crippen LogP contribution in [0.5, 0.6) is 0 Å². The number of fused-ring (bicyclic) bond motifs is 1. The number of anilines is 2. The van der Waals surface area contributed by atoms with E-state index in [1.807, 2.05) is 72.7 Å². The van der Waals surface area contributed by atoms with Crippen molar-refractivity contribution in [1.29, 1.82) is 0 Å². The quantitative estimate of drug-likeness (QED) is 0.630. The number of nitrogens with zero attached hydrogens (tertiary/aromatic N) is 1. The van der Waals surface area contributed by atoms with Gasteiger partial charge in [0, 0.05) is 29.3 Å². The van der Waals surface area contributed by atoms with Crippen LogP contribution in [0.4, 0.5) is 11.4 Å². The fraction of sp³-hybridized carbons (Fsp3) is 0.176. The van der Waals surface area contributed by atoms with E-state index in [0.717, 1.165) is 22.3 Å². The van der Waals surface area contributed by atoms with Crippen LogP contribution in [-0.2, 0) is 0 Å². The van der Waals surface area contributed by atoms with Crippen LogP contribution in [-0.4, -0.2) is 29.9 Å². The summed E-state index contributed by atoms with van der Waals surface area (Å²) in [6.07, 6.45) is 1.28. The maximum atomic E-state index is 10.6. The van der Waals surface area contributed by atoms with E-state index < -0.39 is 6.23 Å². The van der Waals surface area contributed by atoms with Gasteiger partial charge in [0.2, 0.25) is 0 Å². The Kier molecular flexibility index (Phi) is 3.90. The zero-order valence-electron chi connectivity index (χ0n) is 12.0. The minimum absolute atomic E-state index is 0.482. The number of benzene rings is 2. The van der Waals surface area contributed by atoms with Crippen molar-refractivity contribution in [2.24, 2.45) is 0 Å². The van der Waals surface area contributed by atoms with Gasteiger partial charge in [-0.1, -0.05) is 24.3 Å². The van der Waals surface area contributed by atoms with E-state index in [1.165, 1.54) is 0 Å². The average Bonchev–Trinajstić information content (AvgIpc) is 2.98. The molecule has 3 rings (SSSR count). The molecule has 1 heterocycles. The van der Waals surface area contributed by atoms with Crippen LogP contribution in [0.2, 0.25) is 0 Å². The van der Waals surface area contributed by atoms with Gasteiger partial charge in [-0.25, -0.2) is 0 Å². The number of hydrogen-bond donors (Lipinski definition) is 3. The van der Waals surface area contributed by atoms with Gasteiger partial charge in [-0.2, -0.15) is 0 Å². The van der Waals surface area contributed by atoms with Gasteiger partial charge in [-0.05, 0) is 37.4 Å². The van der Waals surface area contributed by atoms with E-state index in [2.05, 4.69) is 10.3 Å². The zero-order valence-corrected chi connectivity index (χ0v) is 12.0. The van der Waals surface area contributed by atoms with Gasteiger partial charge >= 0.3 is 0 Å². The first kappa shape index (κ1) is 13.7. The normalized spacial score (nSPS) is 12.5. The second-order valence-corrected chi connectivity index (χ2v) is 4.96. The smallest absolute Gasteiger partial charge is 0.143 e. The van der Waals surface area contributed by atoms with Gasteiger partial charge in [-0.3, -0.25) is 0 Å². The second kappa shape index (κ2) is 5.99. The topological polar surface area (TPSA) is 51.3 Å². The predicted octanol–water partition coefficient (Wildman–Crippen LogP) is 2.84. The maximum absolute atomic E-state index is 10.6. The highest BCUT2D eigenvalue weighted by Crippen LogP contribution is 2.33. The van der Waals surface area contributed by atoms with Crippen LogP contribution in [0.15, 0.2) is 60.8 Å². The van der Waals surface area contributed by atoms with Gasteiger partial charge in [0.15, 0.2) is 0 Å². The summed E-state index contributed by atoms with van der Waals surface area (Å²) in [5, 5.41) is 14.7. The van der Waals surface area contributed by atoms with Crippen molar-refractivity contribution in [1.82, 2.24) is 10.3 Å². The van der Waals surface area contributed by atoms with E-state index in [-0.39, 0.29) is 0 Å². The summed E-state index contributed by atoms with van der Waals surface area (Å²) in [5.74, 6) is 0. The van der Waals surface area contributed by atoms with Crippen LogP contribution in [0.3, 0.4) is 0 Å². The highest BCUT2D eigenvalue weighted by atomic mass is 16.3. The summed E-state index contributed by atoms with van der Waals surface area (Å²) in [6, 6.07) is 18.0. The molecule has 0 aliphatic carbocycles. The molecule has 0 aliphatic heterocycles. The molecule has 1 atom stereocenters. The van der Waals surface area contributed by atoms with Crippen LogP contribution in [0.25, 0.3) is 10.9 Å². The van der Waals surface area contributed by atoms with Crippen molar-refractivity contribution in [2.75, 3.05) is 18.5 Å². The Balaban J connectivity index is 2.13. The third kappa shape index (κ3) is 2.63. The minimum Gasteiger partial charge on any atom is -0.372 e.